The Morgan fingerprint density at radius 1 is 0.724 bits per heavy atom. The van der Waals surface area contributed by atoms with Crippen molar-refractivity contribution in [3.05, 3.63) is 78.9 Å². The molecule has 2 amide bonds. The highest BCUT2D eigenvalue weighted by Gasteiger charge is 2.05. The van der Waals surface area contributed by atoms with Crippen LogP contribution in [0.3, 0.4) is 0 Å². The number of para-hydroxylation sites is 1. The molecule has 0 saturated carbocycles. The lowest BCUT2D eigenvalue weighted by molar-refractivity contribution is -0.116. The van der Waals surface area contributed by atoms with E-state index in [0.717, 1.165) is 11.4 Å². The van der Waals surface area contributed by atoms with Crippen molar-refractivity contribution < 1.29 is 14.3 Å². The van der Waals surface area contributed by atoms with Gasteiger partial charge in [0.25, 0.3) is 0 Å². The maximum atomic E-state index is 12.2. The number of amides is 2. The molecule has 0 atom stereocenters. The molecule has 0 unspecified atom stereocenters. The minimum atomic E-state index is -0.176. The fourth-order valence-corrected chi connectivity index (χ4v) is 2.57. The average molecular weight is 389 g/mol. The highest BCUT2D eigenvalue weighted by Crippen LogP contribution is 2.22. The molecule has 3 aromatic rings. The lowest BCUT2D eigenvalue weighted by Crippen LogP contribution is -2.21. The highest BCUT2D eigenvalue weighted by atomic mass is 16.5. The summed E-state index contributed by atoms with van der Waals surface area (Å²) >= 11 is 0. The SMILES string of the molecule is CCC(=O)Nc1cccc(NCC(=O)Nc2ccc(Oc3ccccc3)cc2)c1. The number of ether oxygens (including phenoxy) is 1. The Hall–Kier alpha value is -3.80. The first-order valence-corrected chi connectivity index (χ1v) is 9.39. The van der Waals surface area contributed by atoms with Crippen LogP contribution in [0.25, 0.3) is 0 Å². The summed E-state index contributed by atoms with van der Waals surface area (Å²) in [5, 5.41) is 8.68. The molecule has 29 heavy (non-hydrogen) atoms. The van der Waals surface area contributed by atoms with Crippen molar-refractivity contribution in [1.29, 1.82) is 0 Å². The van der Waals surface area contributed by atoms with Crippen molar-refractivity contribution in [2.75, 3.05) is 22.5 Å². The summed E-state index contributed by atoms with van der Waals surface area (Å²) in [6.45, 7) is 1.90. The summed E-state index contributed by atoms with van der Waals surface area (Å²) < 4.78 is 5.74. The molecular weight excluding hydrogens is 366 g/mol. The van der Waals surface area contributed by atoms with Crippen LogP contribution in [-0.4, -0.2) is 18.4 Å². The van der Waals surface area contributed by atoms with Crippen molar-refractivity contribution in [1.82, 2.24) is 0 Å². The van der Waals surface area contributed by atoms with Gasteiger partial charge in [-0.05, 0) is 54.6 Å². The van der Waals surface area contributed by atoms with Crippen LogP contribution in [0.5, 0.6) is 11.5 Å². The third kappa shape index (κ3) is 6.39. The lowest BCUT2D eigenvalue weighted by Gasteiger charge is -2.10. The first-order chi connectivity index (χ1) is 14.1. The summed E-state index contributed by atoms with van der Waals surface area (Å²) in [6.07, 6.45) is 0.412. The van der Waals surface area contributed by atoms with Crippen LogP contribution in [-0.2, 0) is 9.59 Å². The second-order valence-electron chi connectivity index (χ2n) is 6.32. The molecule has 0 bridgehead atoms. The predicted octanol–water partition coefficient (Wildman–Crippen LogP) is 4.88. The Morgan fingerprint density at radius 2 is 1.38 bits per heavy atom. The van der Waals surface area contributed by atoms with Crippen molar-refractivity contribution in [2.24, 2.45) is 0 Å². The summed E-state index contributed by atoms with van der Waals surface area (Å²) in [4.78, 5) is 23.7. The number of hydrogen-bond donors (Lipinski definition) is 3. The van der Waals surface area contributed by atoms with Crippen LogP contribution in [0.15, 0.2) is 78.9 Å². The molecule has 0 aliphatic carbocycles. The van der Waals surface area contributed by atoms with Crippen LogP contribution >= 0.6 is 0 Å². The van der Waals surface area contributed by atoms with E-state index in [0.29, 0.717) is 23.5 Å². The van der Waals surface area contributed by atoms with Crippen LogP contribution < -0.4 is 20.7 Å². The van der Waals surface area contributed by atoms with Gasteiger partial charge in [0.2, 0.25) is 11.8 Å². The Kier molecular flexibility index (Phi) is 6.84. The highest BCUT2D eigenvalue weighted by molar-refractivity contribution is 5.94. The number of rotatable bonds is 8. The van der Waals surface area contributed by atoms with E-state index in [1.807, 2.05) is 42.5 Å². The van der Waals surface area contributed by atoms with E-state index in [4.69, 9.17) is 4.74 Å². The Morgan fingerprint density at radius 3 is 2.10 bits per heavy atom. The molecule has 0 spiro atoms. The Bertz CT molecular complexity index is 957. The molecule has 0 aromatic heterocycles. The van der Waals surface area contributed by atoms with E-state index in [2.05, 4.69) is 16.0 Å². The maximum absolute atomic E-state index is 12.2. The van der Waals surface area contributed by atoms with Gasteiger partial charge >= 0.3 is 0 Å². The van der Waals surface area contributed by atoms with Gasteiger partial charge in [0, 0.05) is 23.5 Å². The molecule has 3 aromatic carbocycles. The second-order valence-corrected chi connectivity index (χ2v) is 6.32. The standard InChI is InChI=1S/C23H23N3O3/c1-2-22(27)26-19-8-6-7-18(15-19)24-16-23(28)25-17-11-13-21(14-12-17)29-20-9-4-3-5-10-20/h3-15,24H,2,16H2,1H3,(H,25,28)(H,26,27). The molecule has 0 heterocycles. The Balaban J connectivity index is 1.49. The molecule has 3 N–H and O–H groups in total. The number of anilines is 3. The molecule has 6 nitrogen and oxygen atoms in total. The van der Waals surface area contributed by atoms with Crippen LogP contribution in [0, 0.1) is 0 Å². The summed E-state index contributed by atoms with van der Waals surface area (Å²) in [6, 6.07) is 23.9. The van der Waals surface area contributed by atoms with Crippen LogP contribution in [0.1, 0.15) is 13.3 Å². The van der Waals surface area contributed by atoms with Crippen molar-refractivity contribution in [3.8, 4) is 11.5 Å². The third-order valence-electron chi connectivity index (χ3n) is 4.04. The van der Waals surface area contributed by atoms with Gasteiger partial charge in [-0.2, -0.15) is 0 Å². The van der Waals surface area contributed by atoms with Crippen molar-refractivity contribution in [3.63, 3.8) is 0 Å². The van der Waals surface area contributed by atoms with E-state index in [1.165, 1.54) is 0 Å². The summed E-state index contributed by atoms with van der Waals surface area (Å²) in [5.74, 6) is 1.22. The monoisotopic (exact) mass is 389 g/mol. The van der Waals surface area contributed by atoms with Crippen LogP contribution in [0.2, 0.25) is 0 Å². The van der Waals surface area contributed by atoms with E-state index in [9.17, 15) is 9.59 Å². The molecule has 0 aliphatic heterocycles. The van der Waals surface area contributed by atoms with Gasteiger partial charge in [-0.25, -0.2) is 0 Å². The van der Waals surface area contributed by atoms with E-state index >= 15 is 0 Å². The van der Waals surface area contributed by atoms with Gasteiger partial charge in [0.15, 0.2) is 0 Å². The second kappa shape index (κ2) is 9.94. The first kappa shape index (κ1) is 19.9. The van der Waals surface area contributed by atoms with Crippen LogP contribution in [0.4, 0.5) is 17.1 Å². The normalized spacial score (nSPS) is 10.1. The zero-order valence-corrected chi connectivity index (χ0v) is 16.1. The molecule has 0 radical (unpaired) electrons. The van der Waals surface area contributed by atoms with Gasteiger partial charge in [0.05, 0.1) is 6.54 Å². The van der Waals surface area contributed by atoms with Crippen molar-refractivity contribution >= 4 is 28.9 Å². The quantitative estimate of drug-likeness (QED) is 0.513. The molecule has 0 aliphatic rings. The third-order valence-corrected chi connectivity index (χ3v) is 4.04. The minimum absolute atomic E-state index is 0.0559. The lowest BCUT2D eigenvalue weighted by atomic mass is 10.2. The zero-order valence-electron chi connectivity index (χ0n) is 16.1. The molecule has 148 valence electrons. The largest absolute Gasteiger partial charge is 0.457 e. The fraction of sp³-hybridized carbons (Fsp3) is 0.130. The summed E-state index contributed by atoms with van der Waals surface area (Å²) in [5.41, 5.74) is 2.12. The molecule has 3 rings (SSSR count). The van der Waals surface area contributed by atoms with Gasteiger partial charge in [-0.3, -0.25) is 9.59 Å². The van der Waals surface area contributed by atoms with Gasteiger partial charge in [-0.1, -0.05) is 31.2 Å². The topological polar surface area (TPSA) is 79.5 Å². The number of carbonyl (C=O) groups is 2. The number of hydrogen-bond acceptors (Lipinski definition) is 4. The molecule has 6 heteroatoms. The zero-order chi connectivity index (χ0) is 20.5. The number of carbonyl (C=O) groups excluding carboxylic acids is 2. The molecule has 0 fully saturated rings. The smallest absolute Gasteiger partial charge is 0.243 e. The minimum Gasteiger partial charge on any atom is -0.457 e. The van der Waals surface area contributed by atoms with E-state index < -0.39 is 0 Å². The van der Waals surface area contributed by atoms with Gasteiger partial charge < -0.3 is 20.7 Å². The number of nitrogens with one attached hydrogen (secondary N) is 3. The number of benzene rings is 3. The van der Waals surface area contributed by atoms with Crippen molar-refractivity contribution in [2.45, 2.75) is 13.3 Å². The van der Waals surface area contributed by atoms with Gasteiger partial charge in [0.1, 0.15) is 11.5 Å². The molecule has 0 saturated heterocycles. The van der Waals surface area contributed by atoms with E-state index in [1.54, 1.807) is 43.3 Å². The fourth-order valence-electron chi connectivity index (χ4n) is 2.57. The first-order valence-electron chi connectivity index (χ1n) is 9.39. The maximum Gasteiger partial charge on any atom is 0.243 e. The summed E-state index contributed by atoms with van der Waals surface area (Å²) in [7, 11) is 0. The van der Waals surface area contributed by atoms with Gasteiger partial charge in [-0.15, -0.1) is 0 Å². The average Bonchev–Trinajstić information content (AvgIpc) is 2.74. The van der Waals surface area contributed by atoms with E-state index in [-0.39, 0.29) is 18.4 Å². The Labute approximate surface area is 169 Å². The predicted molar refractivity (Wildman–Crippen MR) is 115 cm³/mol. The molecular formula is C23H23N3O3.